The average Bonchev–Trinajstić information content (AvgIpc) is 3.19. The maximum atomic E-state index is 13.4. The molecule has 0 saturated heterocycles. The summed E-state index contributed by atoms with van der Waals surface area (Å²) >= 11 is 6.16. The highest BCUT2D eigenvalue weighted by Gasteiger charge is 2.23. The lowest BCUT2D eigenvalue weighted by molar-refractivity contribution is 0.102. The van der Waals surface area contributed by atoms with Crippen LogP contribution in [0.1, 0.15) is 32.0 Å². The molecule has 0 spiro atoms. The third kappa shape index (κ3) is 4.30. The minimum atomic E-state index is -0.451. The van der Waals surface area contributed by atoms with Gasteiger partial charge in [-0.25, -0.2) is 0 Å². The van der Waals surface area contributed by atoms with Crippen molar-refractivity contribution in [2.45, 2.75) is 6.92 Å². The number of rotatable bonds is 7. The number of ketones is 1. The van der Waals surface area contributed by atoms with Crippen LogP contribution >= 0.6 is 11.6 Å². The first-order chi connectivity index (χ1) is 16.4. The van der Waals surface area contributed by atoms with Crippen LogP contribution in [0.2, 0.25) is 5.02 Å². The highest BCUT2D eigenvalue weighted by Crippen LogP contribution is 2.39. The number of aromatic nitrogens is 1. The minimum absolute atomic E-state index is 0.252. The van der Waals surface area contributed by atoms with Crippen molar-refractivity contribution >= 4 is 39.9 Å². The van der Waals surface area contributed by atoms with E-state index in [2.05, 4.69) is 10.3 Å². The molecule has 7 nitrogen and oxygen atoms in total. The first-order valence-corrected chi connectivity index (χ1v) is 10.8. The number of aromatic amines is 1. The SMILES string of the molecule is COc1cc(C(=O)Nc2c(C(=O)c3ccc(C)cc3)[nH]c3cc(Cl)ccc23)cc(OC)c1OC. The average molecular weight is 479 g/mol. The van der Waals surface area contributed by atoms with Crippen molar-refractivity contribution in [3.05, 3.63) is 82.0 Å². The number of fused-ring (bicyclic) bond motifs is 1. The third-order valence-corrected chi connectivity index (χ3v) is 5.70. The Hall–Kier alpha value is -3.97. The molecule has 0 saturated carbocycles. The Morgan fingerprint density at radius 2 is 1.50 bits per heavy atom. The van der Waals surface area contributed by atoms with Gasteiger partial charge in [0.05, 0.1) is 27.0 Å². The lowest BCUT2D eigenvalue weighted by Gasteiger charge is -2.14. The summed E-state index contributed by atoms with van der Waals surface area (Å²) in [5, 5.41) is 4.04. The van der Waals surface area contributed by atoms with E-state index in [4.69, 9.17) is 25.8 Å². The predicted molar refractivity (Wildman–Crippen MR) is 132 cm³/mol. The van der Waals surface area contributed by atoms with Crippen molar-refractivity contribution in [3.63, 3.8) is 0 Å². The van der Waals surface area contributed by atoms with Crippen LogP contribution in [-0.2, 0) is 0 Å². The van der Waals surface area contributed by atoms with Gasteiger partial charge in [-0.3, -0.25) is 9.59 Å². The molecule has 4 aromatic rings. The van der Waals surface area contributed by atoms with Gasteiger partial charge in [-0.1, -0.05) is 41.4 Å². The number of methoxy groups -OCH3 is 3. The maximum Gasteiger partial charge on any atom is 0.256 e. The Bertz CT molecular complexity index is 1370. The molecule has 1 heterocycles. The zero-order chi connectivity index (χ0) is 24.4. The number of halogens is 1. The number of carbonyl (C=O) groups is 2. The number of nitrogens with one attached hydrogen (secondary N) is 2. The van der Waals surface area contributed by atoms with Crippen molar-refractivity contribution in [1.82, 2.24) is 4.98 Å². The Morgan fingerprint density at radius 3 is 2.09 bits per heavy atom. The molecule has 1 amide bonds. The van der Waals surface area contributed by atoms with Crippen LogP contribution in [0.5, 0.6) is 17.2 Å². The number of anilines is 1. The molecule has 0 radical (unpaired) electrons. The van der Waals surface area contributed by atoms with Gasteiger partial charge in [-0.05, 0) is 37.3 Å². The quantitative estimate of drug-likeness (QED) is 0.335. The molecule has 0 aliphatic rings. The van der Waals surface area contributed by atoms with Gasteiger partial charge in [0, 0.05) is 27.1 Å². The summed E-state index contributed by atoms with van der Waals surface area (Å²) in [6.45, 7) is 1.95. The molecule has 0 atom stereocenters. The Labute approximate surface area is 201 Å². The molecule has 1 aromatic heterocycles. The fourth-order valence-corrected chi connectivity index (χ4v) is 3.89. The molecule has 0 aliphatic carbocycles. The molecular formula is C26H23ClN2O5. The molecule has 8 heteroatoms. The number of hydrogen-bond donors (Lipinski definition) is 2. The smallest absolute Gasteiger partial charge is 0.256 e. The predicted octanol–water partition coefficient (Wildman–Crippen LogP) is 5.64. The summed E-state index contributed by atoms with van der Waals surface area (Å²) in [7, 11) is 4.43. The molecule has 0 bridgehead atoms. The van der Waals surface area contributed by atoms with Crippen LogP contribution in [0.4, 0.5) is 5.69 Å². The second-order valence-corrected chi connectivity index (χ2v) is 8.06. The van der Waals surface area contributed by atoms with Gasteiger partial charge < -0.3 is 24.5 Å². The second kappa shape index (κ2) is 9.49. The van der Waals surface area contributed by atoms with Crippen molar-refractivity contribution < 1.29 is 23.8 Å². The van der Waals surface area contributed by atoms with Gasteiger partial charge in [-0.15, -0.1) is 0 Å². The van der Waals surface area contributed by atoms with E-state index < -0.39 is 5.91 Å². The fraction of sp³-hybridized carbons (Fsp3) is 0.154. The highest BCUT2D eigenvalue weighted by atomic mass is 35.5. The molecule has 3 aromatic carbocycles. The van der Waals surface area contributed by atoms with Crippen LogP contribution in [0.3, 0.4) is 0 Å². The molecule has 34 heavy (non-hydrogen) atoms. The van der Waals surface area contributed by atoms with E-state index in [1.807, 2.05) is 19.1 Å². The van der Waals surface area contributed by atoms with E-state index in [9.17, 15) is 9.59 Å². The zero-order valence-electron chi connectivity index (χ0n) is 19.1. The first-order valence-electron chi connectivity index (χ1n) is 10.4. The summed E-state index contributed by atoms with van der Waals surface area (Å²) in [5.41, 5.74) is 3.04. The van der Waals surface area contributed by atoms with Crippen LogP contribution in [0, 0.1) is 6.92 Å². The standard InChI is InChI=1S/C26H23ClN2O5/c1-14-5-7-15(8-6-14)24(30)23-22(18-10-9-17(27)13-19(18)28-23)29-26(31)16-11-20(32-2)25(34-4)21(12-16)33-3/h5-13,28H,1-4H3,(H,29,31). The number of ether oxygens (including phenoxy) is 3. The lowest BCUT2D eigenvalue weighted by atomic mass is 10.0. The monoisotopic (exact) mass is 478 g/mol. The fourth-order valence-electron chi connectivity index (χ4n) is 3.72. The number of amides is 1. The Kier molecular flexibility index (Phi) is 6.47. The molecule has 0 unspecified atom stereocenters. The van der Waals surface area contributed by atoms with Crippen molar-refractivity contribution in [2.24, 2.45) is 0 Å². The number of aryl methyl sites for hydroxylation is 1. The van der Waals surface area contributed by atoms with Crippen molar-refractivity contribution in [1.29, 1.82) is 0 Å². The van der Waals surface area contributed by atoms with E-state index in [1.165, 1.54) is 21.3 Å². The Balaban J connectivity index is 1.80. The van der Waals surface area contributed by atoms with Gasteiger partial charge in [-0.2, -0.15) is 0 Å². The molecular weight excluding hydrogens is 456 g/mol. The third-order valence-electron chi connectivity index (χ3n) is 5.47. The minimum Gasteiger partial charge on any atom is -0.493 e. The van der Waals surface area contributed by atoms with Crippen LogP contribution < -0.4 is 19.5 Å². The summed E-state index contributed by atoms with van der Waals surface area (Å²) in [4.78, 5) is 29.8. The summed E-state index contributed by atoms with van der Waals surface area (Å²) < 4.78 is 16.0. The number of H-pyrrole nitrogens is 1. The molecule has 4 rings (SSSR count). The second-order valence-electron chi connectivity index (χ2n) is 7.63. The lowest BCUT2D eigenvalue weighted by Crippen LogP contribution is -2.15. The summed E-state index contributed by atoms with van der Waals surface area (Å²) in [6.07, 6.45) is 0. The molecule has 0 aliphatic heterocycles. The van der Waals surface area contributed by atoms with Gasteiger partial charge in [0.15, 0.2) is 11.5 Å². The maximum absolute atomic E-state index is 13.4. The van der Waals surface area contributed by atoms with E-state index in [1.54, 1.807) is 42.5 Å². The number of benzene rings is 3. The topological polar surface area (TPSA) is 89.7 Å². The van der Waals surface area contributed by atoms with Crippen LogP contribution in [-0.4, -0.2) is 38.0 Å². The van der Waals surface area contributed by atoms with E-state index in [-0.39, 0.29) is 17.0 Å². The van der Waals surface area contributed by atoms with E-state index in [0.717, 1.165) is 5.56 Å². The van der Waals surface area contributed by atoms with Crippen LogP contribution in [0.25, 0.3) is 10.9 Å². The van der Waals surface area contributed by atoms with Gasteiger partial charge in [0.1, 0.15) is 5.69 Å². The normalized spacial score (nSPS) is 10.7. The van der Waals surface area contributed by atoms with Gasteiger partial charge in [0.25, 0.3) is 5.91 Å². The first kappa shape index (κ1) is 23.2. The summed E-state index contributed by atoms with van der Waals surface area (Å²) in [6, 6.07) is 15.5. The largest absolute Gasteiger partial charge is 0.493 e. The van der Waals surface area contributed by atoms with Crippen molar-refractivity contribution in [2.75, 3.05) is 26.6 Å². The van der Waals surface area contributed by atoms with Gasteiger partial charge >= 0.3 is 0 Å². The van der Waals surface area contributed by atoms with Gasteiger partial charge in [0.2, 0.25) is 11.5 Å². The summed E-state index contributed by atoms with van der Waals surface area (Å²) in [5.74, 6) is 0.349. The zero-order valence-corrected chi connectivity index (χ0v) is 19.9. The number of hydrogen-bond acceptors (Lipinski definition) is 5. The molecule has 2 N–H and O–H groups in total. The van der Waals surface area contributed by atoms with Crippen LogP contribution in [0.15, 0.2) is 54.6 Å². The van der Waals surface area contributed by atoms with E-state index >= 15 is 0 Å². The number of carbonyl (C=O) groups excluding carboxylic acids is 2. The highest BCUT2D eigenvalue weighted by molar-refractivity contribution is 6.31. The molecule has 0 fully saturated rings. The molecule has 174 valence electrons. The van der Waals surface area contributed by atoms with Crippen molar-refractivity contribution in [3.8, 4) is 17.2 Å². The van der Waals surface area contributed by atoms with E-state index in [0.29, 0.717) is 44.4 Å². The Morgan fingerprint density at radius 1 is 0.853 bits per heavy atom.